The van der Waals surface area contributed by atoms with Crippen LogP contribution in [0.15, 0.2) is 12.2 Å². The van der Waals surface area contributed by atoms with Gasteiger partial charge in [-0.15, -0.1) is 0 Å². The van der Waals surface area contributed by atoms with Crippen LogP contribution in [-0.4, -0.2) is 0 Å². The molecule has 0 aliphatic rings. The van der Waals surface area contributed by atoms with E-state index in [0.29, 0.717) is 0 Å². The molecule has 0 aromatic carbocycles. The van der Waals surface area contributed by atoms with Crippen LogP contribution in [0.2, 0.25) is 0 Å². The molecule has 0 aliphatic carbocycles. The van der Waals surface area contributed by atoms with Gasteiger partial charge < -0.3 is 0 Å². The van der Waals surface area contributed by atoms with Gasteiger partial charge in [0.1, 0.15) is 0 Å². The molecular weight excluding hydrogens is 300 g/mol. The molecule has 0 nitrogen and oxygen atoms in total. The first-order chi connectivity index (χ1) is 12.4. The molecule has 0 unspecified atom stereocenters. The number of rotatable bonds is 21. The summed E-state index contributed by atoms with van der Waals surface area (Å²) in [5, 5.41) is 0. The highest BCUT2D eigenvalue weighted by Crippen LogP contribution is 2.13. The molecule has 0 heteroatoms. The van der Waals surface area contributed by atoms with Gasteiger partial charge in [-0.1, -0.05) is 135 Å². The van der Waals surface area contributed by atoms with Gasteiger partial charge in [0.15, 0.2) is 0 Å². The molecule has 0 fully saturated rings. The Morgan fingerprint density at radius 1 is 0.320 bits per heavy atom. The van der Waals surface area contributed by atoms with E-state index in [4.69, 9.17) is 0 Å². The standard InChI is InChI=1S/C25H50/c1-3-5-7-9-11-13-15-17-19-21-23-25-24-22-20-18-16-14-12-10-8-6-4-2/h15,17H,3-14,16,18-25H2,1-2H3/b17-15-. The third-order valence-electron chi connectivity index (χ3n) is 5.37. The van der Waals surface area contributed by atoms with Crippen molar-refractivity contribution in [3.8, 4) is 0 Å². The van der Waals surface area contributed by atoms with Crippen molar-refractivity contribution in [1.82, 2.24) is 0 Å². The van der Waals surface area contributed by atoms with Gasteiger partial charge in [0.25, 0.3) is 0 Å². The molecule has 150 valence electrons. The minimum atomic E-state index is 1.31. The average Bonchev–Trinajstić information content (AvgIpc) is 2.63. The molecule has 0 N–H and O–H groups in total. The van der Waals surface area contributed by atoms with Crippen molar-refractivity contribution in [2.75, 3.05) is 0 Å². The molecule has 0 heterocycles. The summed E-state index contributed by atoms with van der Waals surface area (Å²) in [5.41, 5.74) is 0. The molecule has 0 rings (SSSR count). The van der Waals surface area contributed by atoms with Gasteiger partial charge in [-0.05, 0) is 25.7 Å². The first-order valence-corrected chi connectivity index (χ1v) is 12.1. The number of unbranched alkanes of at least 4 members (excludes halogenated alkanes) is 19. The van der Waals surface area contributed by atoms with Crippen LogP contribution in [0, 0.1) is 0 Å². The molecule has 0 aromatic rings. The predicted octanol–water partition coefficient (Wildman–Crippen LogP) is 9.77. The highest BCUT2D eigenvalue weighted by atomic mass is 14.0. The highest BCUT2D eigenvalue weighted by Gasteiger charge is 1.93. The normalized spacial score (nSPS) is 11.6. The Kier molecular flexibility index (Phi) is 23.5. The van der Waals surface area contributed by atoms with Gasteiger partial charge in [-0.25, -0.2) is 0 Å². The Morgan fingerprint density at radius 3 is 0.840 bits per heavy atom. The van der Waals surface area contributed by atoms with Crippen molar-refractivity contribution in [1.29, 1.82) is 0 Å². The lowest BCUT2D eigenvalue weighted by molar-refractivity contribution is 0.536. The molecule has 25 heavy (non-hydrogen) atoms. The molecule has 0 bridgehead atoms. The van der Waals surface area contributed by atoms with Crippen molar-refractivity contribution in [2.45, 2.75) is 149 Å². The van der Waals surface area contributed by atoms with Crippen LogP contribution in [-0.2, 0) is 0 Å². The summed E-state index contributed by atoms with van der Waals surface area (Å²) in [4.78, 5) is 0. The van der Waals surface area contributed by atoms with Crippen LogP contribution in [0.4, 0.5) is 0 Å². The Labute approximate surface area is 161 Å². The summed E-state index contributed by atoms with van der Waals surface area (Å²) in [6, 6.07) is 0. The zero-order chi connectivity index (χ0) is 18.3. The van der Waals surface area contributed by atoms with Crippen molar-refractivity contribution >= 4 is 0 Å². The van der Waals surface area contributed by atoms with E-state index in [1.165, 1.54) is 135 Å². The Hall–Kier alpha value is -0.260. The molecule has 0 spiro atoms. The van der Waals surface area contributed by atoms with E-state index in [0.717, 1.165) is 0 Å². The lowest BCUT2D eigenvalue weighted by Crippen LogP contribution is -1.83. The third kappa shape index (κ3) is 23.7. The predicted molar refractivity (Wildman–Crippen MR) is 117 cm³/mol. The molecule has 0 radical (unpaired) electrons. The zero-order valence-electron chi connectivity index (χ0n) is 18.0. The van der Waals surface area contributed by atoms with Crippen molar-refractivity contribution in [3.05, 3.63) is 12.2 Å². The fourth-order valence-corrected chi connectivity index (χ4v) is 3.56. The number of hydrogen-bond acceptors (Lipinski definition) is 0. The van der Waals surface area contributed by atoms with Gasteiger partial charge in [-0.3, -0.25) is 0 Å². The number of allylic oxidation sites excluding steroid dienone is 2. The van der Waals surface area contributed by atoms with E-state index in [1.54, 1.807) is 0 Å². The van der Waals surface area contributed by atoms with Gasteiger partial charge in [0.05, 0.1) is 0 Å². The summed E-state index contributed by atoms with van der Waals surface area (Å²) in [7, 11) is 0. The topological polar surface area (TPSA) is 0 Å². The quantitative estimate of drug-likeness (QED) is 0.143. The van der Waals surface area contributed by atoms with Gasteiger partial charge in [0.2, 0.25) is 0 Å². The van der Waals surface area contributed by atoms with E-state index in [9.17, 15) is 0 Å². The fraction of sp³-hybridized carbons (Fsp3) is 0.920. The van der Waals surface area contributed by atoms with Crippen molar-refractivity contribution in [2.24, 2.45) is 0 Å². The van der Waals surface area contributed by atoms with Crippen molar-refractivity contribution in [3.63, 3.8) is 0 Å². The van der Waals surface area contributed by atoms with Crippen LogP contribution in [0.25, 0.3) is 0 Å². The van der Waals surface area contributed by atoms with E-state index >= 15 is 0 Å². The van der Waals surface area contributed by atoms with Gasteiger partial charge in [-0.2, -0.15) is 0 Å². The summed E-state index contributed by atoms with van der Waals surface area (Å²) < 4.78 is 0. The minimum absolute atomic E-state index is 1.31. The Bertz CT molecular complexity index is 240. The van der Waals surface area contributed by atoms with E-state index in [1.807, 2.05) is 0 Å². The maximum atomic E-state index is 2.43. The van der Waals surface area contributed by atoms with Crippen LogP contribution in [0.5, 0.6) is 0 Å². The van der Waals surface area contributed by atoms with Crippen LogP contribution >= 0.6 is 0 Å². The van der Waals surface area contributed by atoms with Crippen LogP contribution in [0.3, 0.4) is 0 Å². The summed E-state index contributed by atoms with van der Waals surface area (Å²) in [6.45, 7) is 4.59. The van der Waals surface area contributed by atoms with Crippen LogP contribution < -0.4 is 0 Å². The summed E-state index contributed by atoms with van der Waals surface area (Å²) in [5.74, 6) is 0. The highest BCUT2D eigenvalue weighted by molar-refractivity contribution is 4.81. The second kappa shape index (κ2) is 23.7. The van der Waals surface area contributed by atoms with Gasteiger partial charge in [0, 0.05) is 0 Å². The monoisotopic (exact) mass is 350 g/mol. The second-order valence-corrected chi connectivity index (χ2v) is 8.06. The lowest BCUT2D eigenvalue weighted by Gasteiger charge is -2.02. The third-order valence-corrected chi connectivity index (χ3v) is 5.37. The maximum absolute atomic E-state index is 2.43. The zero-order valence-corrected chi connectivity index (χ0v) is 18.0. The molecule has 0 amide bonds. The fourth-order valence-electron chi connectivity index (χ4n) is 3.56. The molecule has 0 aromatic heterocycles. The van der Waals surface area contributed by atoms with Crippen LogP contribution in [0.1, 0.15) is 149 Å². The van der Waals surface area contributed by atoms with E-state index in [2.05, 4.69) is 26.0 Å². The molecule has 0 saturated carbocycles. The SMILES string of the molecule is CCCCCCC/C=C\CCCCCCCCCCCCCCCC. The molecular formula is C25H50. The number of hydrogen-bond donors (Lipinski definition) is 0. The molecule has 0 atom stereocenters. The largest absolute Gasteiger partial charge is 0.0885 e. The Balaban J connectivity index is 3.02. The Morgan fingerprint density at radius 2 is 0.560 bits per heavy atom. The molecule has 0 saturated heterocycles. The minimum Gasteiger partial charge on any atom is -0.0885 e. The first kappa shape index (κ1) is 24.7. The summed E-state index contributed by atoms with van der Waals surface area (Å²) >= 11 is 0. The average molecular weight is 351 g/mol. The smallest absolute Gasteiger partial charge is 0.0351 e. The van der Waals surface area contributed by atoms with Gasteiger partial charge >= 0.3 is 0 Å². The lowest BCUT2D eigenvalue weighted by atomic mass is 10.0. The first-order valence-electron chi connectivity index (χ1n) is 12.1. The summed E-state index contributed by atoms with van der Waals surface area (Å²) in [6.07, 6.45) is 34.9. The van der Waals surface area contributed by atoms with E-state index in [-0.39, 0.29) is 0 Å². The van der Waals surface area contributed by atoms with Crippen molar-refractivity contribution < 1.29 is 0 Å². The molecule has 0 aliphatic heterocycles. The van der Waals surface area contributed by atoms with E-state index < -0.39 is 0 Å². The second-order valence-electron chi connectivity index (χ2n) is 8.06. The maximum Gasteiger partial charge on any atom is -0.0351 e.